The third kappa shape index (κ3) is 12.6. The third-order valence-corrected chi connectivity index (χ3v) is 6.29. The van der Waals surface area contributed by atoms with Gasteiger partial charge in [-0.1, -0.05) is 118 Å². The Morgan fingerprint density at radius 1 is 0.618 bits per heavy atom. The zero-order chi connectivity index (χ0) is 25.2. The van der Waals surface area contributed by atoms with Gasteiger partial charge in [-0.3, -0.25) is 0 Å². The van der Waals surface area contributed by atoms with Crippen LogP contribution in [0.25, 0.3) is 0 Å². The lowest BCUT2D eigenvalue weighted by Gasteiger charge is -2.20. The van der Waals surface area contributed by atoms with Crippen LogP contribution in [0, 0.1) is 0 Å². The van der Waals surface area contributed by atoms with E-state index in [-0.39, 0.29) is 5.41 Å². The van der Waals surface area contributed by atoms with Crippen molar-refractivity contribution in [2.24, 2.45) is 0 Å². The lowest BCUT2D eigenvalue weighted by molar-refractivity contribution is 0.0450. The SMILES string of the molecule is CCCCCCCCCOC(=O)c1ccc(C(C)(C)C)cc1C(=O)OCCCCCCCCC. The Kier molecular flexibility index (Phi) is 15.6. The summed E-state index contributed by atoms with van der Waals surface area (Å²) in [6.45, 7) is 11.5. The van der Waals surface area contributed by atoms with Crippen molar-refractivity contribution in [1.29, 1.82) is 0 Å². The molecule has 0 aliphatic heterocycles. The van der Waals surface area contributed by atoms with E-state index in [0.717, 1.165) is 31.2 Å². The standard InChI is InChI=1S/C30H50O4/c1-6-8-10-12-14-16-18-22-33-28(31)26-21-20-25(30(3,4)5)24-27(26)29(32)34-23-19-17-15-13-11-9-7-2/h20-21,24H,6-19,22-23H2,1-5H3. The minimum absolute atomic E-state index is 0.131. The summed E-state index contributed by atoms with van der Waals surface area (Å²) in [5.74, 6) is -0.866. The largest absolute Gasteiger partial charge is 0.462 e. The Bertz CT molecular complexity index is 702. The molecule has 0 saturated carbocycles. The molecule has 34 heavy (non-hydrogen) atoms. The van der Waals surface area contributed by atoms with E-state index in [1.807, 2.05) is 6.07 Å². The summed E-state index contributed by atoms with van der Waals surface area (Å²) >= 11 is 0. The van der Waals surface area contributed by atoms with E-state index in [0.29, 0.717) is 24.3 Å². The summed E-state index contributed by atoms with van der Waals surface area (Å²) < 4.78 is 11.1. The number of unbranched alkanes of at least 4 members (excludes halogenated alkanes) is 12. The number of benzene rings is 1. The average molecular weight is 475 g/mol. The van der Waals surface area contributed by atoms with Gasteiger partial charge in [0.1, 0.15) is 0 Å². The molecular formula is C30H50O4. The van der Waals surface area contributed by atoms with E-state index in [2.05, 4.69) is 34.6 Å². The van der Waals surface area contributed by atoms with Gasteiger partial charge in [0.2, 0.25) is 0 Å². The van der Waals surface area contributed by atoms with Gasteiger partial charge in [0.25, 0.3) is 0 Å². The van der Waals surface area contributed by atoms with Crippen molar-refractivity contribution in [3.8, 4) is 0 Å². The highest BCUT2D eigenvalue weighted by Gasteiger charge is 2.23. The number of hydrogen-bond donors (Lipinski definition) is 0. The number of hydrogen-bond acceptors (Lipinski definition) is 4. The predicted molar refractivity (Wildman–Crippen MR) is 142 cm³/mol. The number of rotatable bonds is 18. The Morgan fingerprint density at radius 3 is 1.47 bits per heavy atom. The number of carbonyl (C=O) groups is 2. The van der Waals surface area contributed by atoms with Gasteiger partial charge >= 0.3 is 11.9 Å². The summed E-state index contributed by atoms with van der Waals surface area (Å²) in [6, 6.07) is 5.44. The first-order chi connectivity index (χ1) is 16.3. The van der Waals surface area contributed by atoms with Crippen molar-refractivity contribution >= 4 is 11.9 Å². The van der Waals surface area contributed by atoms with Gasteiger partial charge < -0.3 is 9.47 Å². The highest BCUT2D eigenvalue weighted by molar-refractivity contribution is 6.03. The molecule has 4 nitrogen and oxygen atoms in total. The first kappa shape index (κ1) is 30.2. The van der Waals surface area contributed by atoms with Crippen molar-refractivity contribution in [3.63, 3.8) is 0 Å². The molecule has 0 N–H and O–H groups in total. The van der Waals surface area contributed by atoms with Crippen molar-refractivity contribution < 1.29 is 19.1 Å². The monoisotopic (exact) mass is 474 g/mol. The maximum atomic E-state index is 12.9. The molecule has 0 aliphatic rings. The minimum Gasteiger partial charge on any atom is -0.462 e. The van der Waals surface area contributed by atoms with Crippen LogP contribution in [-0.4, -0.2) is 25.2 Å². The maximum absolute atomic E-state index is 12.9. The molecule has 0 spiro atoms. The fraction of sp³-hybridized carbons (Fsp3) is 0.733. The van der Waals surface area contributed by atoms with E-state index >= 15 is 0 Å². The minimum atomic E-state index is -0.436. The van der Waals surface area contributed by atoms with Gasteiger partial charge in [-0.15, -0.1) is 0 Å². The first-order valence-corrected chi connectivity index (χ1v) is 13.8. The van der Waals surface area contributed by atoms with Crippen molar-refractivity contribution in [1.82, 2.24) is 0 Å². The predicted octanol–water partition coefficient (Wildman–Crippen LogP) is 8.80. The Labute approximate surface area is 209 Å². The topological polar surface area (TPSA) is 52.6 Å². The van der Waals surface area contributed by atoms with Gasteiger partial charge in [0.15, 0.2) is 0 Å². The van der Waals surface area contributed by atoms with Crippen LogP contribution >= 0.6 is 0 Å². The Morgan fingerprint density at radius 2 is 1.03 bits per heavy atom. The van der Waals surface area contributed by atoms with E-state index in [1.54, 1.807) is 12.1 Å². The first-order valence-electron chi connectivity index (χ1n) is 13.8. The van der Waals surface area contributed by atoms with Crippen LogP contribution in [0.2, 0.25) is 0 Å². The normalized spacial score (nSPS) is 11.4. The smallest absolute Gasteiger partial charge is 0.339 e. The summed E-state index contributed by atoms with van der Waals surface area (Å²) in [6.07, 6.45) is 16.3. The summed E-state index contributed by atoms with van der Waals surface area (Å²) in [4.78, 5) is 25.7. The molecule has 0 fully saturated rings. The molecule has 0 saturated heterocycles. The third-order valence-electron chi connectivity index (χ3n) is 6.29. The molecule has 1 rings (SSSR count). The highest BCUT2D eigenvalue weighted by atomic mass is 16.5. The summed E-state index contributed by atoms with van der Waals surface area (Å²) in [5.41, 5.74) is 1.49. The molecule has 194 valence electrons. The molecule has 0 aromatic heterocycles. The van der Waals surface area contributed by atoms with Crippen LogP contribution in [0.5, 0.6) is 0 Å². The Hall–Kier alpha value is -1.84. The molecule has 0 atom stereocenters. The zero-order valence-corrected chi connectivity index (χ0v) is 22.7. The molecule has 0 unspecified atom stereocenters. The Balaban J connectivity index is 2.61. The zero-order valence-electron chi connectivity index (χ0n) is 22.7. The second-order valence-corrected chi connectivity index (χ2v) is 10.5. The van der Waals surface area contributed by atoms with Gasteiger partial charge in [-0.05, 0) is 36.0 Å². The van der Waals surface area contributed by atoms with Crippen LogP contribution in [-0.2, 0) is 14.9 Å². The van der Waals surface area contributed by atoms with Crippen LogP contribution in [0.15, 0.2) is 18.2 Å². The molecule has 4 heteroatoms. The molecule has 0 amide bonds. The molecule has 0 heterocycles. The lowest BCUT2D eigenvalue weighted by atomic mass is 9.85. The molecule has 0 radical (unpaired) electrons. The van der Waals surface area contributed by atoms with Gasteiger partial charge in [-0.25, -0.2) is 9.59 Å². The fourth-order valence-corrected chi connectivity index (χ4v) is 3.96. The van der Waals surface area contributed by atoms with Gasteiger partial charge in [0, 0.05) is 0 Å². The summed E-state index contributed by atoms with van der Waals surface area (Å²) in [7, 11) is 0. The molecule has 1 aromatic rings. The van der Waals surface area contributed by atoms with Crippen molar-refractivity contribution in [2.45, 2.75) is 130 Å². The number of carbonyl (C=O) groups excluding carboxylic acids is 2. The summed E-state index contributed by atoms with van der Waals surface area (Å²) in [5, 5.41) is 0. The maximum Gasteiger partial charge on any atom is 0.339 e. The second kappa shape index (κ2) is 17.6. The van der Waals surface area contributed by atoms with E-state index in [4.69, 9.17) is 9.47 Å². The fourth-order valence-electron chi connectivity index (χ4n) is 3.96. The van der Waals surface area contributed by atoms with E-state index in [1.165, 1.54) is 64.2 Å². The van der Waals surface area contributed by atoms with Crippen LogP contribution < -0.4 is 0 Å². The van der Waals surface area contributed by atoms with Crippen molar-refractivity contribution in [3.05, 3.63) is 34.9 Å². The average Bonchev–Trinajstić information content (AvgIpc) is 2.81. The van der Waals surface area contributed by atoms with Crippen LogP contribution in [0.1, 0.15) is 151 Å². The molecule has 1 aromatic carbocycles. The molecular weight excluding hydrogens is 424 g/mol. The highest BCUT2D eigenvalue weighted by Crippen LogP contribution is 2.26. The van der Waals surface area contributed by atoms with Crippen molar-refractivity contribution in [2.75, 3.05) is 13.2 Å². The van der Waals surface area contributed by atoms with Crippen LogP contribution in [0.3, 0.4) is 0 Å². The molecule has 0 aliphatic carbocycles. The van der Waals surface area contributed by atoms with Gasteiger partial charge in [-0.2, -0.15) is 0 Å². The quantitative estimate of drug-likeness (QED) is 0.157. The number of esters is 2. The van der Waals surface area contributed by atoms with Gasteiger partial charge in [0.05, 0.1) is 24.3 Å². The lowest BCUT2D eigenvalue weighted by Crippen LogP contribution is -2.18. The molecule has 0 bridgehead atoms. The second-order valence-electron chi connectivity index (χ2n) is 10.5. The van der Waals surface area contributed by atoms with E-state index in [9.17, 15) is 9.59 Å². The van der Waals surface area contributed by atoms with E-state index < -0.39 is 11.9 Å². The van der Waals surface area contributed by atoms with Crippen LogP contribution in [0.4, 0.5) is 0 Å². The number of ether oxygens (including phenoxy) is 2.